The van der Waals surface area contributed by atoms with Crippen LogP contribution >= 0.6 is 15.9 Å². The number of halogens is 1. The predicted molar refractivity (Wildman–Crippen MR) is 79.9 cm³/mol. The average molecular weight is 323 g/mol. The van der Waals surface area contributed by atoms with Crippen molar-refractivity contribution in [1.29, 1.82) is 5.26 Å². The summed E-state index contributed by atoms with van der Waals surface area (Å²) in [6, 6.07) is 7.70. The standard InChI is InChI=1S/C15H19BrN2O/c16-14-7-11(8-17)5-6-15(14)18-9-12-3-1-2-4-13(12)10-19/h5-7,12-13,18-19H,1-4,9-10H2. The topological polar surface area (TPSA) is 56.0 Å². The Morgan fingerprint density at radius 2 is 2.05 bits per heavy atom. The lowest BCUT2D eigenvalue weighted by Gasteiger charge is -2.30. The highest BCUT2D eigenvalue weighted by atomic mass is 79.9. The first-order valence-corrected chi connectivity index (χ1v) is 7.58. The van der Waals surface area contributed by atoms with Gasteiger partial charge in [0.2, 0.25) is 0 Å². The SMILES string of the molecule is N#Cc1ccc(NCC2CCCCC2CO)c(Br)c1. The van der Waals surface area contributed by atoms with Gasteiger partial charge in [-0.25, -0.2) is 0 Å². The van der Waals surface area contributed by atoms with Crippen LogP contribution < -0.4 is 5.32 Å². The zero-order chi connectivity index (χ0) is 13.7. The molecule has 1 aromatic carbocycles. The van der Waals surface area contributed by atoms with E-state index in [0.717, 1.165) is 23.1 Å². The van der Waals surface area contributed by atoms with E-state index in [4.69, 9.17) is 5.26 Å². The number of rotatable bonds is 4. The molecule has 0 amide bonds. The highest BCUT2D eigenvalue weighted by molar-refractivity contribution is 9.10. The lowest BCUT2D eigenvalue weighted by Crippen LogP contribution is -2.28. The second kappa shape index (κ2) is 6.93. The fraction of sp³-hybridized carbons (Fsp3) is 0.533. The molecule has 2 atom stereocenters. The zero-order valence-electron chi connectivity index (χ0n) is 10.9. The van der Waals surface area contributed by atoms with Crippen molar-refractivity contribution in [2.24, 2.45) is 11.8 Å². The van der Waals surface area contributed by atoms with Gasteiger partial charge in [-0.3, -0.25) is 0 Å². The van der Waals surface area contributed by atoms with Crippen molar-refractivity contribution >= 4 is 21.6 Å². The average Bonchev–Trinajstić information content (AvgIpc) is 2.46. The third-order valence-electron chi connectivity index (χ3n) is 3.95. The molecule has 0 bridgehead atoms. The monoisotopic (exact) mass is 322 g/mol. The van der Waals surface area contributed by atoms with Gasteiger partial charge in [0, 0.05) is 23.3 Å². The summed E-state index contributed by atoms with van der Waals surface area (Å²) in [5, 5.41) is 21.7. The van der Waals surface area contributed by atoms with E-state index in [1.54, 1.807) is 0 Å². The molecule has 2 rings (SSSR count). The first-order chi connectivity index (χ1) is 9.24. The molecule has 0 aromatic heterocycles. The van der Waals surface area contributed by atoms with Gasteiger partial charge < -0.3 is 10.4 Å². The second-order valence-electron chi connectivity index (χ2n) is 5.17. The number of nitrogens with one attached hydrogen (secondary N) is 1. The van der Waals surface area contributed by atoms with Crippen LogP contribution in [0.1, 0.15) is 31.2 Å². The smallest absolute Gasteiger partial charge is 0.0992 e. The van der Waals surface area contributed by atoms with Gasteiger partial charge in [0.15, 0.2) is 0 Å². The van der Waals surface area contributed by atoms with Crippen molar-refractivity contribution in [2.75, 3.05) is 18.5 Å². The molecule has 2 unspecified atom stereocenters. The summed E-state index contributed by atoms with van der Waals surface area (Å²) >= 11 is 3.48. The minimum atomic E-state index is 0.293. The van der Waals surface area contributed by atoms with Gasteiger partial charge in [0.25, 0.3) is 0 Å². The fourth-order valence-electron chi connectivity index (χ4n) is 2.76. The summed E-state index contributed by atoms with van der Waals surface area (Å²) in [7, 11) is 0. The van der Waals surface area contributed by atoms with Gasteiger partial charge in [-0.2, -0.15) is 5.26 Å². The van der Waals surface area contributed by atoms with Crippen molar-refractivity contribution in [1.82, 2.24) is 0 Å². The van der Waals surface area contributed by atoms with E-state index in [-0.39, 0.29) is 0 Å². The van der Waals surface area contributed by atoms with Gasteiger partial charge in [-0.15, -0.1) is 0 Å². The summed E-state index contributed by atoms with van der Waals surface area (Å²) in [6.45, 7) is 1.18. The molecule has 1 saturated carbocycles. The van der Waals surface area contributed by atoms with Crippen molar-refractivity contribution < 1.29 is 5.11 Å². The molecule has 0 aliphatic heterocycles. The van der Waals surface area contributed by atoms with Crippen LogP contribution in [0.3, 0.4) is 0 Å². The lowest BCUT2D eigenvalue weighted by molar-refractivity contribution is 0.141. The molecule has 0 radical (unpaired) electrons. The Hall–Kier alpha value is -1.05. The highest BCUT2D eigenvalue weighted by Gasteiger charge is 2.24. The van der Waals surface area contributed by atoms with Gasteiger partial charge >= 0.3 is 0 Å². The van der Waals surface area contributed by atoms with Crippen LogP contribution in [0.4, 0.5) is 5.69 Å². The van der Waals surface area contributed by atoms with Crippen LogP contribution in [0.15, 0.2) is 22.7 Å². The Balaban J connectivity index is 1.96. The maximum atomic E-state index is 9.41. The number of hydrogen-bond donors (Lipinski definition) is 2. The van der Waals surface area contributed by atoms with E-state index in [9.17, 15) is 5.11 Å². The van der Waals surface area contributed by atoms with E-state index in [2.05, 4.69) is 27.3 Å². The Morgan fingerprint density at radius 1 is 1.32 bits per heavy atom. The Bertz CT molecular complexity index is 470. The summed E-state index contributed by atoms with van der Waals surface area (Å²) < 4.78 is 0.919. The summed E-state index contributed by atoms with van der Waals surface area (Å²) in [4.78, 5) is 0. The molecule has 1 aromatic rings. The van der Waals surface area contributed by atoms with Crippen LogP contribution in [0.5, 0.6) is 0 Å². The second-order valence-corrected chi connectivity index (χ2v) is 6.03. The summed E-state index contributed by atoms with van der Waals surface area (Å²) in [6.07, 6.45) is 4.82. The van der Waals surface area contributed by atoms with Gasteiger partial charge in [0.1, 0.15) is 0 Å². The zero-order valence-corrected chi connectivity index (χ0v) is 12.5. The van der Waals surface area contributed by atoms with Crippen LogP contribution in [-0.4, -0.2) is 18.3 Å². The number of nitrogens with zero attached hydrogens (tertiary/aromatic N) is 1. The number of nitriles is 1. The van der Waals surface area contributed by atoms with Gasteiger partial charge in [0.05, 0.1) is 11.6 Å². The van der Waals surface area contributed by atoms with Crippen LogP contribution in [-0.2, 0) is 0 Å². The first-order valence-electron chi connectivity index (χ1n) is 6.79. The van der Waals surface area contributed by atoms with E-state index >= 15 is 0 Å². The maximum absolute atomic E-state index is 9.41. The lowest BCUT2D eigenvalue weighted by atomic mass is 9.79. The number of aliphatic hydroxyl groups is 1. The van der Waals surface area contributed by atoms with Crippen LogP contribution in [0.2, 0.25) is 0 Å². The number of benzene rings is 1. The maximum Gasteiger partial charge on any atom is 0.0992 e. The van der Waals surface area contributed by atoms with Crippen LogP contribution in [0, 0.1) is 23.2 Å². The third kappa shape index (κ3) is 3.71. The largest absolute Gasteiger partial charge is 0.396 e. The quantitative estimate of drug-likeness (QED) is 0.891. The molecule has 19 heavy (non-hydrogen) atoms. The van der Waals surface area contributed by atoms with Gasteiger partial charge in [-0.05, 0) is 58.8 Å². The Kier molecular flexibility index (Phi) is 5.24. The Morgan fingerprint density at radius 3 is 2.68 bits per heavy atom. The van der Waals surface area contributed by atoms with Crippen molar-refractivity contribution in [3.05, 3.63) is 28.2 Å². The molecule has 1 aliphatic rings. The van der Waals surface area contributed by atoms with E-state index in [1.165, 1.54) is 19.3 Å². The molecule has 3 nitrogen and oxygen atoms in total. The number of anilines is 1. The molecular weight excluding hydrogens is 304 g/mol. The van der Waals surface area contributed by atoms with Crippen molar-refractivity contribution in [2.45, 2.75) is 25.7 Å². The van der Waals surface area contributed by atoms with E-state index in [0.29, 0.717) is 24.0 Å². The van der Waals surface area contributed by atoms with E-state index in [1.807, 2.05) is 18.2 Å². The molecule has 0 heterocycles. The molecular formula is C15H19BrN2O. The number of hydrogen-bond acceptors (Lipinski definition) is 3. The molecule has 1 aliphatic carbocycles. The third-order valence-corrected chi connectivity index (χ3v) is 4.61. The minimum absolute atomic E-state index is 0.293. The molecule has 1 fully saturated rings. The van der Waals surface area contributed by atoms with Gasteiger partial charge in [-0.1, -0.05) is 12.8 Å². The fourth-order valence-corrected chi connectivity index (χ4v) is 3.28. The summed E-state index contributed by atoms with van der Waals surface area (Å²) in [5.74, 6) is 0.972. The molecule has 0 spiro atoms. The predicted octanol–water partition coefficient (Wildman–Crippen LogP) is 3.53. The van der Waals surface area contributed by atoms with Crippen LogP contribution in [0.25, 0.3) is 0 Å². The molecule has 4 heteroatoms. The summed E-state index contributed by atoms with van der Waals surface area (Å²) in [5.41, 5.74) is 1.67. The first kappa shape index (κ1) is 14.4. The van der Waals surface area contributed by atoms with Crippen molar-refractivity contribution in [3.63, 3.8) is 0 Å². The normalized spacial score (nSPS) is 22.8. The van der Waals surface area contributed by atoms with E-state index < -0.39 is 0 Å². The number of aliphatic hydroxyl groups excluding tert-OH is 1. The molecule has 2 N–H and O–H groups in total. The molecule has 0 saturated heterocycles. The van der Waals surface area contributed by atoms with Crippen molar-refractivity contribution in [3.8, 4) is 6.07 Å². The molecule has 102 valence electrons. The highest BCUT2D eigenvalue weighted by Crippen LogP contribution is 2.31. The Labute approximate surface area is 122 Å². The minimum Gasteiger partial charge on any atom is -0.396 e.